The van der Waals surface area contributed by atoms with Crippen molar-refractivity contribution in [2.75, 3.05) is 0 Å². The lowest BCUT2D eigenvalue weighted by Gasteiger charge is -1.79. The summed E-state index contributed by atoms with van der Waals surface area (Å²) >= 11 is 0. The highest BCUT2D eigenvalue weighted by Gasteiger charge is 1.95. The lowest BCUT2D eigenvalue weighted by Crippen LogP contribution is -1.82. The first-order valence-electron chi connectivity index (χ1n) is 3.01. The van der Waals surface area contributed by atoms with E-state index in [1.807, 2.05) is 18.3 Å². The normalized spacial score (nSPS) is 10.4. The van der Waals surface area contributed by atoms with Crippen molar-refractivity contribution in [1.29, 1.82) is 0 Å². The third kappa shape index (κ3) is 0.572. The van der Waals surface area contributed by atoms with Crippen LogP contribution in [0.5, 0.6) is 0 Å². The van der Waals surface area contributed by atoms with Crippen molar-refractivity contribution >= 4 is 11.8 Å². The molecule has 0 spiro atoms. The van der Waals surface area contributed by atoms with E-state index in [2.05, 4.69) is 5.10 Å². The molecule has 3 heteroatoms. The summed E-state index contributed by atoms with van der Waals surface area (Å²) in [6.45, 7) is 0. The highest BCUT2D eigenvalue weighted by atomic mass is 16.1. The maximum absolute atomic E-state index is 10.2. The van der Waals surface area contributed by atoms with Gasteiger partial charge in [0.2, 0.25) is 0 Å². The Morgan fingerprint density at radius 3 is 3.20 bits per heavy atom. The van der Waals surface area contributed by atoms with Crippen LogP contribution in [0.1, 0.15) is 10.5 Å². The van der Waals surface area contributed by atoms with E-state index < -0.39 is 0 Å². The van der Waals surface area contributed by atoms with E-state index in [-0.39, 0.29) is 0 Å². The molecule has 2 rings (SSSR count). The Morgan fingerprint density at radius 2 is 2.50 bits per heavy atom. The van der Waals surface area contributed by atoms with E-state index >= 15 is 0 Å². The molecular weight excluding hydrogens is 128 g/mol. The Balaban J connectivity index is 2.78. The van der Waals surface area contributed by atoms with Gasteiger partial charge in [-0.05, 0) is 18.2 Å². The number of hydrogen-bond donors (Lipinski definition) is 1. The first kappa shape index (κ1) is 5.29. The zero-order valence-electron chi connectivity index (χ0n) is 5.24. The Morgan fingerprint density at radius 1 is 1.60 bits per heavy atom. The number of hydrogen-bond acceptors (Lipinski definition) is 1. The van der Waals surface area contributed by atoms with Crippen LogP contribution < -0.4 is 0 Å². The van der Waals surface area contributed by atoms with E-state index in [4.69, 9.17) is 0 Å². The van der Waals surface area contributed by atoms with Crippen molar-refractivity contribution in [1.82, 2.24) is 9.61 Å². The van der Waals surface area contributed by atoms with E-state index in [0.717, 1.165) is 11.8 Å². The summed E-state index contributed by atoms with van der Waals surface area (Å²) in [6.07, 6.45) is 2.66. The van der Waals surface area contributed by atoms with Gasteiger partial charge in [-0.3, -0.25) is 14.4 Å². The number of nitrogens with one attached hydrogen (secondary N) is 1. The number of nitrogens with zero attached hydrogens (tertiary/aromatic N) is 1. The SMILES string of the molecule is O=Cc1cc2cccn2[nH]1. The van der Waals surface area contributed by atoms with Crippen LogP contribution in [0, 0.1) is 0 Å². The molecule has 2 aromatic rings. The summed E-state index contributed by atoms with van der Waals surface area (Å²) in [7, 11) is 0. The molecule has 0 amide bonds. The van der Waals surface area contributed by atoms with Crippen LogP contribution >= 0.6 is 0 Å². The molecule has 2 aromatic heterocycles. The quantitative estimate of drug-likeness (QED) is 0.582. The Hall–Kier alpha value is -1.51. The minimum atomic E-state index is 0.607. The molecule has 0 radical (unpaired) electrons. The fraction of sp³-hybridized carbons (Fsp3) is 0. The van der Waals surface area contributed by atoms with Crippen molar-refractivity contribution < 1.29 is 4.79 Å². The highest BCUT2D eigenvalue weighted by molar-refractivity contribution is 5.74. The van der Waals surface area contributed by atoms with Gasteiger partial charge in [0.05, 0.1) is 11.2 Å². The predicted molar refractivity (Wildman–Crippen MR) is 37.1 cm³/mol. The number of aromatic nitrogens is 2. The fourth-order valence-electron chi connectivity index (χ4n) is 1.00. The van der Waals surface area contributed by atoms with Crippen LogP contribution in [-0.4, -0.2) is 15.9 Å². The second-order valence-corrected chi connectivity index (χ2v) is 2.13. The van der Waals surface area contributed by atoms with E-state index in [1.165, 1.54) is 0 Å². The monoisotopic (exact) mass is 134 g/mol. The maximum atomic E-state index is 10.2. The second-order valence-electron chi connectivity index (χ2n) is 2.13. The molecule has 0 fully saturated rings. The molecule has 50 valence electrons. The first-order valence-corrected chi connectivity index (χ1v) is 3.01. The number of carbonyl (C=O) groups is 1. The van der Waals surface area contributed by atoms with Crippen LogP contribution in [0.15, 0.2) is 24.4 Å². The molecule has 0 aromatic carbocycles. The van der Waals surface area contributed by atoms with Gasteiger partial charge in [0, 0.05) is 6.20 Å². The number of aromatic amines is 1. The third-order valence-corrected chi connectivity index (χ3v) is 1.46. The minimum Gasteiger partial charge on any atom is -0.296 e. The standard InChI is InChI=1S/C7H6N2O/c10-5-6-4-7-2-1-3-9(7)8-6/h1-5,8H. The van der Waals surface area contributed by atoms with Gasteiger partial charge >= 0.3 is 0 Å². The largest absolute Gasteiger partial charge is 0.296 e. The third-order valence-electron chi connectivity index (χ3n) is 1.46. The van der Waals surface area contributed by atoms with Crippen molar-refractivity contribution in [3.63, 3.8) is 0 Å². The van der Waals surface area contributed by atoms with Gasteiger partial charge in [-0.2, -0.15) is 0 Å². The molecule has 3 nitrogen and oxygen atoms in total. The van der Waals surface area contributed by atoms with Crippen LogP contribution in [0.4, 0.5) is 0 Å². The van der Waals surface area contributed by atoms with Gasteiger partial charge in [0.1, 0.15) is 0 Å². The van der Waals surface area contributed by atoms with Crippen LogP contribution in [0.3, 0.4) is 0 Å². The molecule has 0 saturated heterocycles. The Kier molecular flexibility index (Phi) is 0.917. The highest BCUT2D eigenvalue weighted by Crippen LogP contribution is 2.03. The average molecular weight is 134 g/mol. The summed E-state index contributed by atoms with van der Waals surface area (Å²) in [5.41, 5.74) is 1.62. The molecule has 2 heterocycles. The molecule has 0 aliphatic carbocycles. The number of fused-ring (bicyclic) bond motifs is 1. The van der Waals surface area contributed by atoms with Crippen LogP contribution in [0.2, 0.25) is 0 Å². The van der Waals surface area contributed by atoms with Gasteiger partial charge in [-0.15, -0.1) is 0 Å². The summed E-state index contributed by atoms with van der Waals surface area (Å²) in [5, 5.41) is 2.87. The lowest BCUT2D eigenvalue weighted by atomic mass is 10.4. The van der Waals surface area contributed by atoms with Crippen molar-refractivity contribution in [2.45, 2.75) is 0 Å². The average Bonchev–Trinajstić information content (AvgIpc) is 2.42. The van der Waals surface area contributed by atoms with Gasteiger partial charge in [-0.25, -0.2) is 0 Å². The van der Waals surface area contributed by atoms with Crippen LogP contribution in [0.25, 0.3) is 5.52 Å². The van der Waals surface area contributed by atoms with Crippen molar-refractivity contribution in [3.05, 3.63) is 30.1 Å². The number of carbonyl (C=O) groups excluding carboxylic acids is 1. The van der Waals surface area contributed by atoms with E-state index in [9.17, 15) is 4.79 Å². The van der Waals surface area contributed by atoms with Crippen LogP contribution in [-0.2, 0) is 0 Å². The fourth-order valence-corrected chi connectivity index (χ4v) is 1.00. The Bertz CT molecular complexity index is 330. The maximum Gasteiger partial charge on any atom is 0.167 e. The predicted octanol–water partition coefficient (Wildman–Crippen LogP) is 1.08. The number of aldehydes is 1. The minimum absolute atomic E-state index is 0.607. The molecule has 0 aliphatic rings. The molecule has 0 unspecified atom stereocenters. The topological polar surface area (TPSA) is 37.3 Å². The van der Waals surface area contributed by atoms with Crippen molar-refractivity contribution in [3.8, 4) is 0 Å². The zero-order valence-corrected chi connectivity index (χ0v) is 5.24. The molecular formula is C7H6N2O. The van der Waals surface area contributed by atoms with E-state index in [1.54, 1.807) is 10.6 Å². The molecule has 10 heavy (non-hydrogen) atoms. The first-order chi connectivity index (χ1) is 4.90. The second kappa shape index (κ2) is 1.73. The molecule has 0 saturated carbocycles. The molecule has 1 N–H and O–H groups in total. The summed E-state index contributed by atoms with van der Waals surface area (Å²) < 4.78 is 1.80. The summed E-state index contributed by atoms with van der Waals surface area (Å²) in [5.74, 6) is 0. The number of H-pyrrole nitrogens is 1. The van der Waals surface area contributed by atoms with Gasteiger partial charge in [0.25, 0.3) is 0 Å². The molecule has 0 aliphatic heterocycles. The van der Waals surface area contributed by atoms with E-state index in [0.29, 0.717) is 5.69 Å². The van der Waals surface area contributed by atoms with Gasteiger partial charge < -0.3 is 0 Å². The van der Waals surface area contributed by atoms with Gasteiger partial charge in [0.15, 0.2) is 6.29 Å². The molecule has 0 atom stereocenters. The zero-order chi connectivity index (χ0) is 6.97. The lowest BCUT2D eigenvalue weighted by molar-refractivity contribution is 0.111. The summed E-state index contributed by atoms with van der Waals surface area (Å²) in [4.78, 5) is 10.2. The number of rotatable bonds is 1. The Labute approximate surface area is 57.3 Å². The van der Waals surface area contributed by atoms with Crippen molar-refractivity contribution in [2.24, 2.45) is 0 Å². The van der Waals surface area contributed by atoms with Gasteiger partial charge in [-0.1, -0.05) is 0 Å². The summed E-state index contributed by atoms with van der Waals surface area (Å²) in [6, 6.07) is 5.65. The smallest absolute Gasteiger partial charge is 0.167 e. The molecule has 0 bridgehead atoms.